The van der Waals surface area contributed by atoms with Gasteiger partial charge in [-0.25, -0.2) is 0 Å². The Labute approximate surface area is 103 Å². The van der Waals surface area contributed by atoms with E-state index in [4.69, 9.17) is 0 Å². The highest BCUT2D eigenvalue weighted by molar-refractivity contribution is 7.84. The molecule has 0 aromatic rings. The number of nitrogens with one attached hydrogen (secondary N) is 1. The van der Waals surface area contributed by atoms with Gasteiger partial charge >= 0.3 is 0 Å². The van der Waals surface area contributed by atoms with Crippen LogP contribution in [0, 0.1) is 11.8 Å². The number of hydrogen-bond donors (Lipinski definition) is 1. The van der Waals surface area contributed by atoms with Gasteiger partial charge in [0.25, 0.3) is 0 Å². The van der Waals surface area contributed by atoms with Crippen molar-refractivity contribution in [1.82, 2.24) is 5.32 Å². The van der Waals surface area contributed by atoms with Crippen molar-refractivity contribution in [3.05, 3.63) is 0 Å². The van der Waals surface area contributed by atoms with E-state index in [1.54, 1.807) is 6.26 Å². The van der Waals surface area contributed by atoms with E-state index in [9.17, 15) is 4.21 Å². The van der Waals surface area contributed by atoms with E-state index < -0.39 is 10.8 Å². The first-order chi connectivity index (χ1) is 7.52. The molecule has 0 spiro atoms. The fourth-order valence-corrected chi connectivity index (χ4v) is 2.96. The van der Waals surface area contributed by atoms with Crippen molar-refractivity contribution in [2.45, 2.75) is 57.7 Å². The second kappa shape index (κ2) is 6.75. The predicted molar refractivity (Wildman–Crippen MR) is 72.1 cm³/mol. The summed E-state index contributed by atoms with van der Waals surface area (Å²) in [5.41, 5.74) is 0. The second-order valence-electron chi connectivity index (χ2n) is 5.43. The molecular weight excluding hydrogens is 218 g/mol. The molecule has 0 aromatic heterocycles. The second-order valence-corrected chi connectivity index (χ2v) is 7.23. The van der Waals surface area contributed by atoms with Gasteiger partial charge in [0.1, 0.15) is 0 Å². The molecule has 0 radical (unpaired) electrons. The topological polar surface area (TPSA) is 29.1 Å². The average Bonchev–Trinajstić information content (AvgIpc) is 2.24. The number of hydrogen-bond acceptors (Lipinski definition) is 2. The van der Waals surface area contributed by atoms with Crippen LogP contribution in [0.25, 0.3) is 0 Å². The Bertz CT molecular complexity index is 232. The Morgan fingerprint density at radius 1 is 1.38 bits per heavy atom. The maximum Gasteiger partial charge on any atom is 0.0329 e. The van der Waals surface area contributed by atoms with E-state index in [2.05, 4.69) is 26.1 Å². The van der Waals surface area contributed by atoms with Gasteiger partial charge in [0.05, 0.1) is 0 Å². The lowest BCUT2D eigenvalue weighted by atomic mass is 9.78. The van der Waals surface area contributed by atoms with Crippen molar-refractivity contribution >= 4 is 10.8 Å². The molecule has 1 rings (SSSR count). The van der Waals surface area contributed by atoms with Gasteiger partial charge in [0.15, 0.2) is 0 Å². The maximum atomic E-state index is 11.2. The van der Waals surface area contributed by atoms with Crippen LogP contribution in [-0.2, 0) is 10.8 Å². The van der Waals surface area contributed by atoms with Gasteiger partial charge < -0.3 is 5.32 Å². The average molecular weight is 245 g/mol. The lowest BCUT2D eigenvalue weighted by Crippen LogP contribution is -2.41. The standard InChI is InChI=1S/C13H27NOS/c1-10-6-5-7-13(12(10)3)14-9-8-11(2)16(4)15/h10-14H,5-9H2,1-4H3. The van der Waals surface area contributed by atoms with Crippen LogP contribution in [0.4, 0.5) is 0 Å². The Hall–Kier alpha value is 0.110. The Balaban J connectivity index is 2.24. The van der Waals surface area contributed by atoms with Crippen LogP contribution >= 0.6 is 0 Å². The highest BCUT2D eigenvalue weighted by atomic mass is 32.2. The van der Waals surface area contributed by atoms with Crippen LogP contribution < -0.4 is 5.32 Å². The molecule has 5 atom stereocenters. The summed E-state index contributed by atoms with van der Waals surface area (Å²) in [7, 11) is -0.672. The molecule has 0 saturated heterocycles. The van der Waals surface area contributed by atoms with Crippen LogP contribution in [0.15, 0.2) is 0 Å². The van der Waals surface area contributed by atoms with Gasteiger partial charge in [-0.05, 0) is 31.2 Å². The maximum absolute atomic E-state index is 11.2. The van der Waals surface area contributed by atoms with E-state index in [-0.39, 0.29) is 0 Å². The highest BCUT2D eigenvalue weighted by Gasteiger charge is 2.26. The van der Waals surface area contributed by atoms with E-state index in [0.717, 1.165) is 24.8 Å². The van der Waals surface area contributed by atoms with Crippen LogP contribution in [-0.4, -0.2) is 28.3 Å². The van der Waals surface area contributed by atoms with Gasteiger partial charge in [0, 0.05) is 28.3 Å². The van der Waals surface area contributed by atoms with Crippen LogP contribution in [0.2, 0.25) is 0 Å². The van der Waals surface area contributed by atoms with Crippen molar-refractivity contribution < 1.29 is 4.21 Å². The molecule has 0 amide bonds. The van der Waals surface area contributed by atoms with Crippen molar-refractivity contribution in [1.29, 1.82) is 0 Å². The van der Waals surface area contributed by atoms with Crippen LogP contribution in [0.1, 0.15) is 46.5 Å². The van der Waals surface area contributed by atoms with Crippen molar-refractivity contribution in [3.8, 4) is 0 Å². The fourth-order valence-electron chi connectivity index (χ4n) is 2.51. The highest BCUT2D eigenvalue weighted by Crippen LogP contribution is 2.29. The van der Waals surface area contributed by atoms with E-state index in [1.807, 2.05) is 0 Å². The summed E-state index contributed by atoms with van der Waals surface area (Å²) in [6.45, 7) is 7.82. The summed E-state index contributed by atoms with van der Waals surface area (Å²) in [5, 5.41) is 3.98. The van der Waals surface area contributed by atoms with E-state index >= 15 is 0 Å². The lowest BCUT2D eigenvalue weighted by molar-refractivity contribution is 0.207. The van der Waals surface area contributed by atoms with Gasteiger partial charge in [-0.3, -0.25) is 4.21 Å². The summed E-state index contributed by atoms with van der Waals surface area (Å²) in [4.78, 5) is 0. The molecule has 96 valence electrons. The summed E-state index contributed by atoms with van der Waals surface area (Å²) in [6.07, 6.45) is 6.89. The Morgan fingerprint density at radius 3 is 2.69 bits per heavy atom. The van der Waals surface area contributed by atoms with Gasteiger partial charge in [-0.1, -0.05) is 33.6 Å². The normalized spacial score (nSPS) is 34.6. The molecule has 5 unspecified atom stereocenters. The third-order valence-electron chi connectivity index (χ3n) is 4.23. The third-order valence-corrected chi connectivity index (χ3v) is 5.60. The Morgan fingerprint density at radius 2 is 2.06 bits per heavy atom. The fraction of sp³-hybridized carbons (Fsp3) is 1.00. The van der Waals surface area contributed by atoms with Gasteiger partial charge in [-0.2, -0.15) is 0 Å². The van der Waals surface area contributed by atoms with Crippen LogP contribution in [0.3, 0.4) is 0 Å². The van der Waals surface area contributed by atoms with Gasteiger partial charge in [0.2, 0.25) is 0 Å². The first-order valence-electron chi connectivity index (χ1n) is 6.58. The Kier molecular flexibility index (Phi) is 5.98. The zero-order valence-corrected chi connectivity index (χ0v) is 12.0. The quantitative estimate of drug-likeness (QED) is 0.806. The molecule has 0 bridgehead atoms. The van der Waals surface area contributed by atoms with Crippen LogP contribution in [0.5, 0.6) is 0 Å². The molecule has 0 aliphatic heterocycles. The van der Waals surface area contributed by atoms with Crippen molar-refractivity contribution in [2.75, 3.05) is 12.8 Å². The van der Waals surface area contributed by atoms with Crippen molar-refractivity contribution in [2.24, 2.45) is 11.8 Å². The first kappa shape index (κ1) is 14.2. The van der Waals surface area contributed by atoms with E-state index in [0.29, 0.717) is 11.3 Å². The molecule has 1 aliphatic carbocycles. The molecule has 16 heavy (non-hydrogen) atoms. The summed E-state index contributed by atoms with van der Waals surface area (Å²) >= 11 is 0. The molecule has 1 fully saturated rings. The SMILES string of the molecule is CC1CCCC(NCCC(C)S(C)=O)C1C. The smallest absolute Gasteiger partial charge is 0.0329 e. The minimum absolute atomic E-state index is 0.323. The molecule has 0 heterocycles. The third kappa shape index (κ3) is 4.17. The number of rotatable bonds is 5. The monoisotopic (exact) mass is 245 g/mol. The lowest BCUT2D eigenvalue weighted by Gasteiger charge is -2.35. The predicted octanol–water partition coefficient (Wildman–Crippen LogP) is 2.56. The molecule has 0 aromatic carbocycles. The zero-order valence-electron chi connectivity index (χ0n) is 11.2. The molecule has 3 heteroatoms. The van der Waals surface area contributed by atoms with Crippen molar-refractivity contribution in [3.63, 3.8) is 0 Å². The summed E-state index contributed by atoms with van der Waals surface area (Å²) < 4.78 is 11.2. The summed E-state index contributed by atoms with van der Waals surface area (Å²) in [6, 6.07) is 0.682. The minimum Gasteiger partial charge on any atom is -0.314 e. The molecule has 2 nitrogen and oxygen atoms in total. The molecule has 1 saturated carbocycles. The molecule has 1 aliphatic rings. The summed E-state index contributed by atoms with van der Waals surface area (Å²) in [5.74, 6) is 1.64. The minimum atomic E-state index is -0.672. The van der Waals surface area contributed by atoms with Gasteiger partial charge in [-0.15, -0.1) is 0 Å². The zero-order chi connectivity index (χ0) is 12.1. The molecule has 1 N–H and O–H groups in total. The largest absolute Gasteiger partial charge is 0.314 e. The first-order valence-corrected chi connectivity index (χ1v) is 8.20. The van der Waals surface area contributed by atoms with E-state index in [1.165, 1.54) is 19.3 Å². The molecular formula is C13H27NOS.